The molecule has 0 atom stereocenters. The van der Waals surface area contributed by atoms with E-state index < -0.39 is 4.92 Å². The van der Waals surface area contributed by atoms with Gasteiger partial charge < -0.3 is 5.11 Å². The molecule has 30 heavy (non-hydrogen) atoms. The number of aryl methyl sites for hydroxylation is 1. The van der Waals surface area contributed by atoms with Crippen molar-refractivity contribution >= 4 is 50.0 Å². The highest BCUT2D eigenvalue weighted by molar-refractivity contribution is 7.22. The quantitative estimate of drug-likeness (QED) is 0.175. The van der Waals surface area contributed by atoms with Crippen LogP contribution in [-0.2, 0) is 0 Å². The average molecular weight is 417 g/mol. The highest BCUT2D eigenvalue weighted by atomic mass is 32.1. The summed E-state index contributed by atoms with van der Waals surface area (Å²) in [6.07, 6.45) is 1.48. The summed E-state index contributed by atoms with van der Waals surface area (Å²) < 4.78 is 0.790. The summed E-state index contributed by atoms with van der Waals surface area (Å²) in [5.41, 5.74) is 3.02. The highest BCUT2D eigenvalue weighted by Gasteiger charge is 2.10. The fraction of sp³-hybridized carbons (Fsp3) is 0.0476. The van der Waals surface area contributed by atoms with Crippen molar-refractivity contribution in [1.82, 2.24) is 4.98 Å². The van der Waals surface area contributed by atoms with Crippen LogP contribution in [0.15, 0.2) is 75.9 Å². The number of nitro groups is 1. The number of phenolic OH excluding ortho intramolecular Hbond substituents is 1. The maximum Gasteiger partial charge on any atom is 0.271 e. The highest BCUT2D eigenvalue weighted by Crippen LogP contribution is 2.33. The molecule has 0 saturated heterocycles. The van der Waals surface area contributed by atoms with Crippen LogP contribution in [0.5, 0.6) is 5.75 Å². The van der Waals surface area contributed by atoms with Gasteiger partial charge in [-0.15, -0.1) is 5.11 Å². The zero-order valence-corrected chi connectivity index (χ0v) is 16.6. The molecule has 8 nitrogen and oxygen atoms in total. The molecule has 0 unspecified atom stereocenters. The largest absolute Gasteiger partial charge is 0.505 e. The number of non-ortho nitro benzene ring substituents is 1. The molecule has 0 fully saturated rings. The fourth-order valence-corrected chi connectivity index (χ4v) is 3.52. The Labute approximate surface area is 175 Å². The molecule has 0 saturated carbocycles. The van der Waals surface area contributed by atoms with Gasteiger partial charge in [0.05, 0.1) is 20.8 Å². The molecule has 1 N–H and O–H groups in total. The number of aliphatic imine (C=N–C) groups is 1. The Morgan fingerprint density at radius 3 is 2.73 bits per heavy atom. The van der Waals surface area contributed by atoms with Crippen LogP contribution in [0, 0.1) is 17.0 Å². The minimum absolute atomic E-state index is 0.0207. The number of aromatic nitrogens is 1. The van der Waals surface area contributed by atoms with E-state index in [9.17, 15) is 15.2 Å². The molecule has 3 aromatic carbocycles. The van der Waals surface area contributed by atoms with Crippen LogP contribution in [-0.4, -0.2) is 21.2 Å². The minimum atomic E-state index is -0.462. The number of benzene rings is 3. The lowest BCUT2D eigenvalue weighted by molar-refractivity contribution is -0.384. The molecular formula is C21H15N5O3S. The fourth-order valence-electron chi connectivity index (χ4n) is 2.73. The number of phenols is 1. The lowest BCUT2D eigenvalue weighted by atomic mass is 10.2. The summed E-state index contributed by atoms with van der Waals surface area (Å²) in [6.45, 7) is 1.97. The third-order valence-corrected chi connectivity index (χ3v) is 5.15. The molecule has 0 aliphatic carbocycles. The van der Waals surface area contributed by atoms with Crippen LogP contribution in [0.1, 0.15) is 11.1 Å². The zero-order valence-electron chi connectivity index (χ0n) is 15.8. The molecule has 0 aliphatic rings. The summed E-state index contributed by atoms with van der Waals surface area (Å²) in [6, 6.07) is 17.2. The molecule has 1 aromatic heterocycles. The van der Waals surface area contributed by atoms with Crippen LogP contribution in [0.4, 0.5) is 22.2 Å². The molecule has 148 valence electrons. The first-order valence-electron chi connectivity index (χ1n) is 8.89. The molecule has 4 aromatic rings. The maximum absolute atomic E-state index is 10.9. The van der Waals surface area contributed by atoms with Crippen LogP contribution in [0.2, 0.25) is 0 Å². The standard InChI is InChI=1S/C21H15N5O3S/c1-13-4-2-6-15(10-13)24-25-17-7-3-5-14(20(17)27)12-22-21-23-18-11-16(26(28)29)8-9-19(18)30-21/h2-12,27H,1H3/b22-12+,25-24?. The number of rotatable bonds is 5. The van der Waals surface area contributed by atoms with Gasteiger partial charge >= 0.3 is 0 Å². The molecule has 9 heteroatoms. The van der Waals surface area contributed by atoms with E-state index in [1.165, 1.54) is 29.7 Å². The maximum atomic E-state index is 10.9. The molecule has 1 heterocycles. The van der Waals surface area contributed by atoms with E-state index in [0.29, 0.717) is 27.6 Å². The summed E-state index contributed by atoms with van der Waals surface area (Å²) >= 11 is 1.30. The van der Waals surface area contributed by atoms with Crippen molar-refractivity contribution in [3.63, 3.8) is 0 Å². The van der Waals surface area contributed by atoms with Gasteiger partial charge in [-0.3, -0.25) is 10.1 Å². The number of fused-ring (bicyclic) bond motifs is 1. The summed E-state index contributed by atoms with van der Waals surface area (Å²) in [7, 11) is 0. The molecule has 0 spiro atoms. The first kappa shape index (κ1) is 19.3. The number of nitro benzene ring substituents is 1. The molecule has 0 aliphatic heterocycles. The first-order valence-corrected chi connectivity index (χ1v) is 9.71. The second-order valence-corrected chi connectivity index (χ2v) is 7.43. The Hall–Kier alpha value is -3.98. The van der Waals surface area contributed by atoms with Crippen molar-refractivity contribution in [3.05, 3.63) is 81.9 Å². The van der Waals surface area contributed by atoms with Gasteiger partial charge in [0.1, 0.15) is 5.69 Å². The second-order valence-electron chi connectivity index (χ2n) is 6.42. The molecule has 0 bridgehead atoms. The van der Waals surface area contributed by atoms with Gasteiger partial charge in [-0.25, -0.2) is 9.98 Å². The monoisotopic (exact) mass is 417 g/mol. The first-order chi connectivity index (χ1) is 14.5. The van der Waals surface area contributed by atoms with E-state index in [4.69, 9.17) is 0 Å². The van der Waals surface area contributed by atoms with Crippen molar-refractivity contribution in [3.8, 4) is 5.75 Å². The smallest absolute Gasteiger partial charge is 0.271 e. The summed E-state index contributed by atoms with van der Waals surface area (Å²) in [5.74, 6) is -0.0468. The predicted octanol–water partition coefficient (Wildman–Crippen LogP) is 6.38. The Morgan fingerprint density at radius 2 is 1.93 bits per heavy atom. The van der Waals surface area contributed by atoms with E-state index in [1.54, 1.807) is 24.3 Å². The molecular weight excluding hydrogens is 402 g/mol. The summed E-state index contributed by atoms with van der Waals surface area (Å²) in [4.78, 5) is 19.0. The lowest BCUT2D eigenvalue weighted by Crippen LogP contribution is -1.86. The van der Waals surface area contributed by atoms with Crippen LogP contribution in [0.3, 0.4) is 0 Å². The number of hydrogen-bond acceptors (Lipinski definition) is 8. The van der Waals surface area contributed by atoms with Gasteiger partial charge in [0.15, 0.2) is 5.75 Å². The molecule has 0 radical (unpaired) electrons. The Kier molecular flexibility index (Phi) is 5.27. The van der Waals surface area contributed by atoms with E-state index in [-0.39, 0.29) is 11.4 Å². The van der Waals surface area contributed by atoms with Gasteiger partial charge in [-0.05, 0) is 42.8 Å². The van der Waals surface area contributed by atoms with E-state index >= 15 is 0 Å². The van der Waals surface area contributed by atoms with Crippen LogP contribution >= 0.6 is 11.3 Å². The van der Waals surface area contributed by atoms with Crippen molar-refractivity contribution in [2.24, 2.45) is 15.2 Å². The number of aromatic hydroxyl groups is 1. The number of hydrogen-bond donors (Lipinski definition) is 1. The third kappa shape index (κ3) is 4.20. The van der Waals surface area contributed by atoms with Gasteiger partial charge in [0, 0.05) is 23.9 Å². The average Bonchev–Trinajstić information content (AvgIpc) is 3.14. The van der Waals surface area contributed by atoms with Crippen molar-refractivity contribution in [2.75, 3.05) is 0 Å². The predicted molar refractivity (Wildman–Crippen MR) is 117 cm³/mol. The Bertz CT molecular complexity index is 1310. The number of azo groups is 1. The number of nitrogens with zero attached hydrogens (tertiary/aromatic N) is 5. The van der Waals surface area contributed by atoms with Crippen LogP contribution < -0.4 is 0 Å². The van der Waals surface area contributed by atoms with E-state index in [2.05, 4.69) is 20.2 Å². The Balaban J connectivity index is 1.59. The van der Waals surface area contributed by atoms with Gasteiger partial charge in [0.25, 0.3) is 5.69 Å². The lowest BCUT2D eigenvalue weighted by Gasteiger charge is -2.01. The minimum Gasteiger partial charge on any atom is -0.505 e. The zero-order chi connectivity index (χ0) is 21.1. The Morgan fingerprint density at radius 1 is 1.10 bits per heavy atom. The molecule has 4 rings (SSSR count). The number of para-hydroxylation sites is 1. The van der Waals surface area contributed by atoms with Gasteiger partial charge in [-0.2, -0.15) is 5.11 Å². The second kappa shape index (κ2) is 8.18. The van der Waals surface area contributed by atoms with E-state index in [0.717, 1.165) is 10.3 Å². The van der Waals surface area contributed by atoms with Gasteiger partial charge in [0.2, 0.25) is 5.13 Å². The SMILES string of the molecule is Cc1cccc(N=Nc2cccc(/C=N/c3nc4cc([N+](=O)[O-])ccc4s3)c2O)c1. The summed E-state index contributed by atoms with van der Waals surface area (Å²) in [5, 5.41) is 30.1. The van der Waals surface area contributed by atoms with Crippen molar-refractivity contribution in [2.45, 2.75) is 6.92 Å². The van der Waals surface area contributed by atoms with Gasteiger partial charge in [-0.1, -0.05) is 29.5 Å². The third-order valence-electron chi connectivity index (χ3n) is 4.21. The van der Waals surface area contributed by atoms with E-state index in [1.807, 2.05) is 31.2 Å². The number of thiazole rings is 1. The topological polar surface area (TPSA) is 113 Å². The van der Waals surface area contributed by atoms with Crippen LogP contribution in [0.25, 0.3) is 10.2 Å². The van der Waals surface area contributed by atoms with Crippen molar-refractivity contribution < 1.29 is 10.0 Å². The molecule has 0 amide bonds. The van der Waals surface area contributed by atoms with Crippen molar-refractivity contribution in [1.29, 1.82) is 0 Å². The normalized spacial score (nSPS) is 11.6.